The van der Waals surface area contributed by atoms with Crippen molar-refractivity contribution in [2.45, 2.75) is 4.21 Å². The Morgan fingerprint density at radius 1 is 1.33 bits per heavy atom. The van der Waals surface area contributed by atoms with Crippen molar-refractivity contribution in [3.05, 3.63) is 34.8 Å². The number of rotatable bonds is 7. The van der Waals surface area contributed by atoms with Crippen molar-refractivity contribution in [3.63, 3.8) is 0 Å². The predicted molar refractivity (Wildman–Crippen MR) is 84.7 cm³/mol. The van der Waals surface area contributed by atoms with E-state index in [-0.39, 0.29) is 4.21 Å². The summed E-state index contributed by atoms with van der Waals surface area (Å²) in [6.07, 6.45) is 1.45. The summed E-state index contributed by atoms with van der Waals surface area (Å²) < 4.78 is 32.1. The second kappa shape index (κ2) is 7.08. The fourth-order valence-corrected chi connectivity index (χ4v) is 4.01. The van der Waals surface area contributed by atoms with E-state index in [1.807, 2.05) is 0 Å². The summed E-state index contributed by atoms with van der Waals surface area (Å²) in [7, 11) is -2.01. The first-order valence-electron chi connectivity index (χ1n) is 5.98. The first-order chi connectivity index (χ1) is 10.0. The molecule has 2 N–H and O–H groups in total. The van der Waals surface area contributed by atoms with Gasteiger partial charge in [0.05, 0.1) is 22.8 Å². The number of methoxy groups -OCH3 is 1. The highest BCUT2D eigenvalue weighted by Crippen LogP contribution is 2.27. The quantitative estimate of drug-likeness (QED) is 0.753. The Kier molecular flexibility index (Phi) is 5.40. The number of aromatic nitrogens is 1. The van der Waals surface area contributed by atoms with Gasteiger partial charge in [0.25, 0.3) is 10.0 Å². The average molecular weight is 348 g/mol. The van der Waals surface area contributed by atoms with Crippen molar-refractivity contribution < 1.29 is 13.2 Å². The van der Waals surface area contributed by atoms with E-state index in [2.05, 4.69) is 15.0 Å². The first kappa shape index (κ1) is 16.0. The molecule has 0 amide bonds. The number of pyridine rings is 1. The van der Waals surface area contributed by atoms with Crippen molar-refractivity contribution in [1.82, 2.24) is 4.98 Å². The van der Waals surface area contributed by atoms with Crippen molar-refractivity contribution in [1.29, 1.82) is 0 Å². The minimum absolute atomic E-state index is 0.162. The minimum Gasteiger partial charge on any atom is -0.383 e. The number of halogens is 1. The fourth-order valence-electron chi connectivity index (χ4n) is 1.49. The maximum atomic E-state index is 12.1. The summed E-state index contributed by atoms with van der Waals surface area (Å²) in [5, 5.41) is 3.04. The predicted octanol–water partition coefficient (Wildman–Crippen LogP) is 2.66. The van der Waals surface area contributed by atoms with Gasteiger partial charge in [-0.05, 0) is 24.3 Å². The molecule has 2 aromatic heterocycles. The highest BCUT2D eigenvalue weighted by Gasteiger charge is 2.16. The van der Waals surface area contributed by atoms with E-state index in [1.165, 1.54) is 12.3 Å². The summed E-state index contributed by atoms with van der Waals surface area (Å²) in [4.78, 5) is 4.12. The lowest BCUT2D eigenvalue weighted by Crippen LogP contribution is -2.12. The van der Waals surface area contributed by atoms with Crippen LogP contribution in [0.2, 0.25) is 4.34 Å². The molecule has 0 radical (unpaired) electrons. The van der Waals surface area contributed by atoms with Crippen LogP contribution >= 0.6 is 22.9 Å². The molecular weight excluding hydrogens is 334 g/mol. The van der Waals surface area contributed by atoms with Crippen molar-refractivity contribution in [3.8, 4) is 0 Å². The van der Waals surface area contributed by atoms with Crippen LogP contribution in [-0.4, -0.2) is 33.7 Å². The van der Waals surface area contributed by atoms with Gasteiger partial charge in [0.15, 0.2) is 0 Å². The van der Waals surface area contributed by atoms with Crippen molar-refractivity contribution >= 4 is 44.5 Å². The molecule has 0 aliphatic heterocycles. The number of anilines is 2. The van der Waals surface area contributed by atoms with Gasteiger partial charge >= 0.3 is 0 Å². The topological polar surface area (TPSA) is 80.3 Å². The maximum absolute atomic E-state index is 12.1. The van der Waals surface area contributed by atoms with Crippen molar-refractivity contribution in [2.24, 2.45) is 0 Å². The fraction of sp³-hybridized carbons (Fsp3) is 0.250. The summed E-state index contributed by atoms with van der Waals surface area (Å²) in [6.45, 7) is 1.19. The zero-order valence-corrected chi connectivity index (χ0v) is 13.6. The number of hydrogen-bond donors (Lipinski definition) is 2. The van der Waals surface area contributed by atoms with Gasteiger partial charge in [-0.25, -0.2) is 13.4 Å². The zero-order chi connectivity index (χ0) is 15.3. The van der Waals surface area contributed by atoms with Gasteiger partial charge in [-0.15, -0.1) is 11.3 Å². The molecule has 21 heavy (non-hydrogen) atoms. The third kappa shape index (κ3) is 4.57. The summed E-state index contributed by atoms with van der Waals surface area (Å²) in [5.74, 6) is 0.647. The van der Waals surface area contributed by atoms with Crippen LogP contribution in [0.15, 0.2) is 34.7 Å². The van der Waals surface area contributed by atoms with Gasteiger partial charge in [0.2, 0.25) is 0 Å². The van der Waals surface area contributed by atoms with Crippen LogP contribution in [0.25, 0.3) is 0 Å². The summed E-state index contributed by atoms with van der Waals surface area (Å²) >= 11 is 6.75. The number of nitrogens with one attached hydrogen (secondary N) is 2. The van der Waals surface area contributed by atoms with Crippen LogP contribution in [0.1, 0.15) is 0 Å². The number of sulfonamides is 1. The molecule has 0 atom stereocenters. The van der Waals surface area contributed by atoms with Crippen LogP contribution in [0, 0.1) is 0 Å². The van der Waals surface area contributed by atoms with E-state index in [0.29, 0.717) is 29.0 Å². The van der Waals surface area contributed by atoms with Crippen LogP contribution in [-0.2, 0) is 14.8 Å². The summed E-state index contributed by atoms with van der Waals surface area (Å²) in [5.41, 5.74) is 0.386. The van der Waals surface area contributed by atoms with Crippen LogP contribution in [0.3, 0.4) is 0 Å². The van der Waals surface area contributed by atoms with E-state index >= 15 is 0 Å². The Labute approximate surface area is 132 Å². The molecule has 0 spiro atoms. The smallest absolute Gasteiger partial charge is 0.271 e. The highest BCUT2D eigenvalue weighted by atomic mass is 35.5. The van der Waals surface area contributed by atoms with E-state index in [0.717, 1.165) is 11.3 Å². The lowest BCUT2D eigenvalue weighted by Gasteiger charge is -2.08. The summed E-state index contributed by atoms with van der Waals surface area (Å²) in [6, 6.07) is 6.33. The van der Waals surface area contributed by atoms with Gasteiger partial charge in [-0.1, -0.05) is 11.6 Å². The second-order valence-electron chi connectivity index (χ2n) is 4.02. The number of hydrogen-bond acceptors (Lipinski definition) is 6. The minimum atomic E-state index is -3.62. The molecule has 0 aromatic carbocycles. The lowest BCUT2D eigenvalue weighted by molar-refractivity contribution is 0.210. The van der Waals surface area contributed by atoms with E-state index in [9.17, 15) is 8.42 Å². The third-order valence-corrected chi connectivity index (χ3v) is 5.55. The van der Waals surface area contributed by atoms with E-state index in [1.54, 1.807) is 25.3 Å². The second-order valence-corrected chi connectivity index (χ2v) is 7.64. The Morgan fingerprint density at radius 2 is 2.14 bits per heavy atom. The van der Waals surface area contributed by atoms with Crippen LogP contribution in [0.5, 0.6) is 0 Å². The molecule has 0 saturated heterocycles. The van der Waals surface area contributed by atoms with Crippen LogP contribution < -0.4 is 10.0 Å². The van der Waals surface area contributed by atoms with Gasteiger partial charge in [-0.2, -0.15) is 0 Å². The van der Waals surface area contributed by atoms with E-state index < -0.39 is 10.0 Å². The molecular formula is C12H14ClN3O3S2. The Balaban J connectivity index is 2.03. The Morgan fingerprint density at radius 3 is 2.71 bits per heavy atom. The first-order valence-corrected chi connectivity index (χ1v) is 8.66. The normalized spacial score (nSPS) is 11.3. The van der Waals surface area contributed by atoms with Gasteiger partial charge in [0.1, 0.15) is 10.0 Å². The monoisotopic (exact) mass is 347 g/mol. The Bertz CT molecular complexity index is 686. The molecule has 2 heterocycles. The average Bonchev–Trinajstić information content (AvgIpc) is 2.88. The van der Waals surface area contributed by atoms with Crippen LogP contribution in [0.4, 0.5) is 11.5 Å². The number of nitrogens with zero attached hydrogens (tertiary/aromatic N) is 1. The molecule has 0 unspecified atom stereocenters. The molecule has 0 bridgehead atoms. The molecule has 6 nitrogen and oxygen atoms in total. The van der Waals surface area contributed by atoms with Crippen molar-refractivity contribution in [2.75, 3.05) is 30.3 Å². The SMILES string of the molecule is COCCNc1ccc(NS(=O)(=O)c2ccc(Cl)s2)cn1. The molecule has 0 aliphatic carbocycles. The van der Waals surface area contributed by atoms with E-state index in [4.69, 9.17) is 16.3 Å². The number of thiophene rings is 1. The van der Waals surface area contributed by atoms with Gasteiger partial charge in [-0.3, -0.25) is 4.72 Å². The number of ether oxygens (including phenoxy) is 1. The Hall–Kier alpha value is -1.35. The lowest BCUT2D eigenvalue weighted by atomic mass is 10.4. The molecule has 2 rings (SSSR count). The third-order valence-electron chi connectivity index (χ3n) is 2.44. The molecule has 114 valence electrons. The largest absolute Gasteiger partial charge is 0.383 e. The maximum Gasteiger partial charge on any atom is 0.271 e. The van der Waals surface area contributed by atoms with Gasteiger partial charge < -0.3 is 10.1 Å². The molecule has 2 aromatic rings. The highest BCUT2D eigenvalue weighted by molar-refractivity contribution is 7.94. The zero-order valence-electron chi connectivity index (χ0n) is 11.2. The van der Waals surface area contributed by atoms with Gasteiger partial charge in [0, 0.05) is 13.7 Å². The molecule has 9 heteroatoms. The molecule has 0 fully saturated rings. The molecule has 0 aliphatic rings. The molecule has 0 saturated carbocycles. The standard InChI is InChI=1S/C12H14ClN3O3S2/c1-19-7-6-14-11-4-2-9(8-15-11)16-21(17,18)12-5-3-10(13)20-12/h2-5,8,16H,6-7H2,1H3,(H,14,15).